The molecule has 5 nitrogen and oxygen atoms in total. The van der Waals surface area contributed by atoms with Crippen molar-refractivity contribution in [1.29, 1.82) is 0 Å². The Morgan fingerprint density at radius 3 is 2.86 bits per heavy atom. The highest BCUT2D eigenvalue weighted by Gasteiger charge is 2.43. The van der Waals surface area contributed by atoms with Gasteiger partial charge in [0.05, 0.1) is 18.4 Å². The van der Waals surface area contributed by atoms with E-state index in [2.05, 4.69) is 12.2 Å². The predicted molar refractivity (Wildman–Crippen MR) is 77.0 cm³/mol. The van der Waals surface area contributed by atoms with Crippen molar-refractivity contribution in [2.75, 3.05) is 13.2 Å². The monoisotopic (exact) mass is 293 g/mol. The molecule has 5 heteroatoms. The van der Waals surface area contributed by atoms with Gasteiger partial charge in [0, 0.05) is 19.4 Å². The standard InChI is InChI=1S/C16H23NO4/c1-11-3-6-16(7-4-11)20-10-13(21-16)9-17-15(18)14-5-8-19-12(14)2/h5,8,11,13H,3-4,6-7,9-10H2,1-2H3,(H,17,18). The van der Waals surface area contributed by atoms with E-state index in [0.717, 1.165) is 31.6 Å². The third-order valence-corrected chi connectivity index (χ3v) is 4.54. The number of carbonyl (C=O) groups excluding carboxylic acids is 1. The Kier molecular flexibility index (Phi) is 4.04. The van der Waals surface area contributed by atoms with Crippen LogP contribution in [0.25, 0.3) is 0 Å². The second-order valence-corrected chi connectivity index (χ2v) is 6.24. The van der Waals surface area contributed by atoms with E-state index in [4.69, 9.17) is 13.9 Å². The van der Waals surface area contributed by atoms with Gasteiger partial charge in [0.15, 0.2) is 5.79 Å². The average Bonchev–Trinajstić information content (AvgIpc) is 3.07. The van der Waals surface area contributed by atoms with Gasteiger partial charge in [-0.25, -0.2) is 0 Å². The summed E-state index contributed by atoms with van der Waals surface area (Å²) in [6, 6.07) is 1.68. The van der Waals surface area contributed by atoms with Gasteiger partial charge in [0.25, 0.3) is 5.91 Å². The molecule has 2 fully saturated rings. The molecule has 1 amide bonds. The number of hydrogen-bond acceptors (Lipinski definition) is 4. The minimum absolute atomic E-state index is 0.0606. The van der Waals surface area contributed by atoms with Crippen LogP contribution in [0, 0.1) is 12.8 Å². The summed E-state index contributed by atoms with van der Waals surface area (Å²) in [6.45, 7) is 5.08. The Hall–Kier alpha value is -1.33. The van der Waals surface area contributed by atoms with Crippen LogP contribution >= 0.6 is 0 Å². The van der Waals surface area contributed by atoms with Gasteiger partial charge in [0.1, 0.15) is 11.9 Å². The van der Waals surface area contributed by atoms with E-state index in [1.807, 2.05) is 0 Å². The van der Waals surface area contributed by atoms with Crippen LogP contribution in [0.1, 0.15) is 48.7 Å². The Labute approximate surface area is 125 Å². The lowest BCUT2D eigenvalue weighted by atomic mass is 9.86. The molecule has 2 heterocycles. The largest absolute Gasteiger partial charge is 0.469 e. The molecule has 0 aromatic carbocycles. The summed E-state index contributed by atoms with van der Waals surface area (Å²) < 4.78 is 17.1. The van der Waals surface area contributed by atoms with Crippen LogP contribution in [0.15, 0.2) is 16.7 Å². The predicted octanol–water partition coefficient (Wildman–Crippen LogP) is 2.64. The van der Waals surface area contributed by atoms with Gasteiger partial charge in [-0.3, -0.25) is 4.79 Å². The van der Waals surface area contributed by atoms with Gasteiger partial charge in [-0.2, -0.15) is 0 Å². The number of nitrogens with one attached hydrogen (secondary N) is 1. The minimum Gasteiger partial charge on any atom is -0.469 e. The average molecular weight is 293 g/mol. The fraction of sp³-hybridized carbons (Fsp3) is 0.688. The quantitative estimate of drug-likeness (QED) is 0.930. The molecule has 3 rings (SSSR count). The lowest BCUT2D eigenvalue weighted by Crippen LogP contribution is -2.38. The van der Waals surface area contributed by atoms with Crippen LogP contribution in [0.5, 0.6) is 0 Å². The number of amides is 1. The summed E-state index contributed by atoms with van der Waals surface area (Å²) in [5.41, 5.74) is 0.579. The van der Waals surface area contributed by atoms with E-state index in [-0.39, 0.29) is 12.0 Å². The van der Waals surface area contributed by atoms with Crippen molar-refractivity contribution in [1.82, 2.24) is 5.32 Å². The lowest BCUT2D eigenvalue weighted by Gasteiger charge is -2.34. The first-order valence-electron chi connectivity index (χ1n) is 7.72. The summed E-state index contributed by atoms with van der Waals surface area (Å²) in [5, 5.41) is 2.89. The zero-order valence-electron chi connectivity index (χ0n) is 12.7. The van der Waals surface area contributed by atoms with Crippen LogP contribution < -0.4 is 5.32 Å². The molecule has 1 N–H and O–H groups in total. The number of ether oxygens (including phenoxy) is 2. The van der Waals surface area contributed by atoms with Crippen molar-refractivity contribution >= 4 is 5.91 Å². The second-order valence-electron chi connectivity index (χ2n) is 6.24. The molecule has 0 radical (unpaired) electrons. The van der Waals surface area contributed by atoms with Crippen molar-refractivity contribution in [2.45, 2.75) is 51.4 Å². The Bertz CT molecular complexity index is 502. The molecular weight excluding hydrogens is 270 g/mol. The topological polar surface area (TPSA) is 60.7 Å². The molecule has 1 saturated carbocycles. The fourth-order valence-corrected chi connectivity index (χ4v) is 3.10. The highest BCUT2D eigenvalue weighted by atomic mass is 16.7. The van der Waals surface area contributed by atoms with E-state index in [1.165, 1.54) is 6.26 Å². The zero-order chi connectivity index (χ0) is 14.9. The molecule has 116 valence electrons. The van der Waals surface area contributed by atoms with Crippen LogP contribution in [0.2, 0.25) is 0 Å². The van der Waals surface area contributed by atoms with E-state index >= 15 is 0 Å². The minimum atomic E-state index is -0.395. The molecule has 21 heavy (non-hydrogen) atoms. The van der Waals surface area contributed by atoms with Crippen molar-refractivity contribution in [2.24, 2.45) is 5.92 Å². The Morgan fingerprint density at radius 2 is 2.19 bits per heavy atom. The van der Waals surface area contributed by atoms with Crippen LogP contribution in [-0.4, -0.2) is 30.9 Å². The van der Waals surface area contributed by atoms with Gasteiger partial charge < -0.3 is 19.2 Å². The van der Waals surface area contributed by atoms with Crippen molar-refractivity contribution < 1.29 is 18.7 Å². The molecule has 2 aliphatic rings. The molecule has 1 aliphatic heterocycles. The molecular formula is C16H23NO4. The normalized spacial score (nSPS) is 32.5. The summed E-state index contributed by atoms with van der Waals surface area (Å²) in [4.78, 5) is 12.0. The molecule has 1 aliphatic carbocycles. The van der Waals surface area contributed by atoms with Gasteiger partial charge in [0.2, 0.25) is 0 Å². The molecule has 0 bridgehead atoms. The summed E-state index contributed by atoms with van der Waals surface area (Å²) >= 11 is 0. The highest BCUT2D eigenvalue weighted by molar-refractivity contribution is 5.95. The van der Waals surface area contributed by atoms with Crippen molar-refractivity contribution in [3.63, 3.8) is 0 Å². The molecule has 1 aromatic rings. The molecule has 1 spiro atoms. The maximum Gasteiger partial charge on any atom is 0.254 e. The number of furan rings is 1. The molecule has 1 saturated heterocycles. The van der Waals surface area contributed by atoms with Gasteiger partial charge >= 0.3 is 0 Å². The first-order chi connectivity index (χ1) is 10.1. The number of aryl methyl sites for hydroxylation is 1. The second kappa shape index (κ2) is 5.81. The van der Waals surface area contributed by atoms with Gasteiger partial charge in [-0.1, -0.05) is 6.92 Å². The van der Waals surface area contributed by atoms with Gasteiger partial charge in [-0.15, -0.1) is 0 Å². The fourth-order valence-electron chi connectivity index (χ4n) is 3.10. The smallest absolute Gasteiger partial charge is 0.254 e. The third kappa shape index (κ3) is 3.14. The molecule has 1 unspecified atom stereocenters. The molecule has 1 atom stereocenters. The van der Waals surface area contributed by atoms with Crippen LogP contribution in [-0.2, 0) is 9.47 Å². The van der Waals surface area contributed by atoms with Crippen LogP contribution in [0.4, 0.5) is 0 Å². The number of rotatable bonds is 3. The maximum atomic E-state index is 12.0. The number of hydrogen-bond donors (Lipinski definition) is 1. The van der Waals surface area contributed by atoms with E-state index in [0.29, 0.717) is 24.5 Å². The Balaban J connectivity index is 1.49. The highest BCUT2D eigenvalue weighted by Crippen LogP contribution is 2.39. The first kappa shape index (κ1) is 14.6. The Morgan fingerprint density at radius 1 is 1.43 bits per heavy atom. The summed E-state index contributed by atoms with van der Waals surface area (Å²) in [5.74, 6) is 0.871. The van der Waals surface area contributed by atoms with Crippen molar-refractivity contribution in [3.05, 3.63) is 23.7 Å². The van der Waals surface area contributed by atoms with Crippen LogP contribution in [0.3, 0.4) is 0 Å². The summed E-state index contributed by atoms with van der Waals surface area (Å²) in [6.07, 6.45) is 5.67. The SMILES string of the molecule is Cc1occc1C(=O)NCC1COC2(CCC(C)CC2)O1. The first-order valence-corrected chi connectivity index (χ1v) is 7.72. The van der Waals surface area contributed by atoms with Gasteiger partial charge in [-0.05, 0) is 31.7 Å². The number of carbonyl (C=O) groups is 1. The summed E-state index contributed by atoms with van der Waals surface area (Å²) in [7, 11) is 0. The van der Waals surface area contributed by atoms with E-state index in [9.17, 15) is 4.79 Å². The van der Waals surface area contributed by atoms with E-state index < -0.39 is 5.79 Å². The zero-order valence-corrected chi connectivity index (χ0v) is 12.7. The maximum absolute atomic E-state index is 12.0. The lowest BCUT2D eigenvalue weighted by molar-refractivity contribution is -0.191. The van der Waals surface area contributed by atoms with E-state index in [1.54, 1.807) is 13.0 Å². The van der Waals surface area contributed by atoms with Crippen molar-refractivity contribution in [3.8, 4) is 0 Å². The third-order valence-electron chi connectivity index (χ3n) is 4.54. The molecule has 1 aromatic heterocycles.